The van der Waals surface area contributed by atoms with Crippen LogP contribution in [0.5, 0.6) is 0 Å². The number of nitrogens with zero attached hydrogens (tertiary/aromatic N) is 1. The van der Waals surface area contributed by atoms with Crippen LogP contribution in [0.15, 0.2) is 0 Å². The molecule has 2 fully saturated rings. The molecule has 2 saturated carbocycles. The molecule has 0 N–H and O–H groups in total. The monoisotopic (exact) mass is 201 g/mol. The van der Waals surface area contributed by atoms with Gasteiger partial charge in [-0.2, -0.15) is 0 Å². The average Bonchev–Trinajstić information content (AvgIpc) is 2.62. The van der Waals surface area contributed by atoms with E-state index in [1.807, 2.05) is 11.9 Å². The maximum absolute atomic E-state index is 11.2. The zero-order chi connectivity index (χ0) is 9.59. The maximum atomic E-state index is 11.2. The molecule has 4 atom stereocenters. The van der Waals surface area contributed by atoms with Crippen LogP contribution in [0.25, 0.3) is 0 Å². The fourth-order valence-corrected chi connectivity index (χ4v) is 3.53. The van der Waals surface area contributed by atoms with Gasteiger partial charge in [-0.3, -0.25) is 4.79 Å². The number of rotatable bonds is 1. The minimum Gasteiger partial charge on any atom is -0.341 e. The lowest BCUT2D eigenvalue weighted by Gasteiger charge is -2.34. The molecular formula is C10H16ClNO. The van der Waals surface area contributed by atoms with Gasteiger partial charge in [0.05, 0.1) is 11.4 Å². The Balaban J connectivity index is 2.11. The van der Waals surface area contributed by atoms with Crippen molar-refractivity contribution in [3.63, 3.8) is 0 Å². The highest BCUT2D eigenvalue weighted by molar-refractivity contribution is 6.21. The van der Waals surface area contributed by atoms with Crippen molar-refractivity contribution < 1.29 is 4.79 Å². The van der Waals surface area contributed by atoms with E-state index in [-0.39, 0.29) is 11.3 Å². The first-order valence-corrected chi connectivity index (χ1v) is 5.42. The number of fused-ring (bicyclic) bond motifs is 2. The van der Waals surface area contributed by atoms with E-state index >= 15 is 0 Å². The van der Waals surface area contributed by atoms with Gasteiger partial charge in [0.1, 0.15) is 0 Å². The molecular weight excluding hydrogens is 186 g/mol. The standard InChI is InChI=1S/C10H16ClNO/c1-6(13)12(2)10-8-4-3-7(5-8)9(10)11/h7-10H,3-5H2,1-2H3/t7-,8+,9-,10-/m0/s1. The average molecular weight is 202 g/mol. The van der Waals surface area contributed by atoms with Gasteiger partial charge in [-0.1, -0.05) is 0 Å². The molecule has 0 radical (unpaired) electrons. The van der Waals surface area contributed by atoms with Crippen molar-refractivity contribution in [1.82, 2.24) is 4.90 Å². The summed E-state index contributed by atoms with van der Waals surface area (Å²) in [6, 6.07) is 0.304. The summed E-state index contributed by atoms with van der Waals surface area (Å²) in [6.07, 6.45) is 3.76. The molecule has 2 bridgehead atoms. The highest BCUT2D eigenvalue weighted by Gasteiger charge is 2.48. The molecule has 2 aliphatic carbocycles. The predicted molar refractivity (Wildman–Crippen MR) is 52.7 cm³/mol. The zero-order valence-electron chi connectivity index (χ0n) is 8.16. The third-order valence-corrected chi connectivity index (χ3v) is 4.33. The first-order valence-electron chi connectivity index (χ1n) is 4.98. The Bertz CT molecular complexity index is 229. The van der Waals surface area contributed by atoms with Gasteiger partial charge in [-0.25, -0.2) is 0 Å². The normalized spacial score (nSPS) is 42.4. The first-order chi connectivity index (χ1) is 6.11. The fraction of sp³-hybridized carbons (Fsp3) is 0.900. The highest BCUT2D eigenvalue weighted by Crippen LogP contribution is 2.48. The number of hydrogen-bond donors (Lipinski definition) is 0. The van der Waals surface area contributed by atoms with Crippen LogP contribution in [-0.4, -0.2) is 29.3 Å². The number of amides is 1. The minimum atomic E-state index is 0.142. The van der Waals surface area contributed by atoms with Crippen LogP contribution in [0.1, 0.15) is 26.2 Å². The van der Waals surface area contributed by atoms with E-state index in [1.54, 1.807) is 6.92 Å². The number of hydrogen-bond acceptors (Lipinski definition) is 1. The summed E-state index contributed by atoms with van der Waals surface area (Å²) in [5.74, 6) is 1.48. The van der Waals surface area contributed by atoms with Gasteiger partial charge in [0.15, 0.2) is 0 Å². The second-order valence-corrected chi connectivity index (χ2v) is 4.90. The molecule has 0 aromatic carbocycles. The van der Waals surface area contributed by atoms with E-state index in [1.165, 1.54) is 19.3 Å². The van der Waals surface area contributed by atoms with Crippen LogP contribution >= 0.6 is 11.6 Å². The number of carbonyl (C=O) groups excluding carboxylic acids is 1. The second-order valence-electron chi connectivity index (χ2n) is 4.40. The topological polar surface area (TPSA) is 20.3 Å². The van der Waals surface area contributed by atoms with Crippen LogP contribution < -0.4 is 0 Å². The van der Waals surface area contributed by atoms with Crippen molar-refractivity contribution in [2.45, 2.75) is 37.6 Å². The van der Waals surface area contributed by atoms with E-state index in [2.05, 4.69) is 0 Å². The van der Waals surface area contributed by atoms with Gasteiger partial charge >= 0.3 is 0 Å². The van der Waals surface area contributed by atoms with Crippen molar-refractivity contribution in [2.24, 2.45) is 11.8 Å². The van der Waals surface area contributed by atoms with Crippen LogP contribution in [-0.2, 0) is 4.79 Å². The molecule has 0 heterocycles. The molecule has 2 rings (SSSR count). The van der Waals surface area contributed by atoms with Gasteiger partial charge in [-0.05, 0) is 31.1 Å². The molecule has 0 spiro atoms. The Hall–Kier alpha value is -0.240. The van der Waals surface area contributed by atoms with Crippen molar-refractivity contribution >= 4 is 17.5 Å². The molecule has 0 unspecified atom stereocenters. The molecule has 13 heavy (non-hydrogen) atoms. The van der Waals surface area contributed by atoms with E-state index in [0.717, 1.165) is 0 Å². The Kier molecular flexibility index (Phi) is 2.26. The van der Waals surface area contributed by atoms with Gasteiger partial charge < -0.3 is 4.90 Å². The number of halogens is 1. The van der Waals surface area contributed by atoms with Crippen molar-refractivity contribution in [1.29, 1.82) is 0 Å². The third-order valence-electron chi connectivity index (χ3n) is 3.72. The highest BCUT2D eigenvalue weighted by atomic mass is 35.5. The molecule has 3 heteroatoms. The molecule has 0 saturated heterocycles. The summed E-state index contributed by atoms with van der Waals surface area (Å²) in [5, 5.41) is 0.202. The van der Waals surface area contributed by atoms with E-state index < -0.39 is 0 Å². The molecule has 2 nitrogen and oxygen atoms in total. The summed E-state index contributed by atoms with van der Waals surface area (Å²) >= 11 is 6.32. The molecule has 0 aliphatic heterocycles. The van der Waals surface area contributed by atoms with Gasteiger partial charge in [0, 0.05) is 14.0 Å². The van der Waals surface area contributed by atoms with Gasteiger partial charge in [0.2, 0.25) is 5.91 Å². The smallest absolute Gasteiger partial charge is 0.219 e. The van der Waals surface area contributed by atoms with E-state index in [9.17, 15) is 4.79 Å². The van der Waals surface area contributed by atoms with Crippen LogP contribution in [0.3, 0.4) is 0 Å². The largest absolute Gasteiger partial charge is 0.341 e. The number of carbonyl (C=O) groups is 1. The molecule has 74 valence electrons. The SMILES string of the molecule is CC(=O)N(C)[C@H]1[C@@H]2CC[C@@H](C2)[C@@H]1Cl. The fourth-order valence-electron chi connectivity index (χ4n) is 2.93. The van der Waals surface area contributed by atoms with E-state index in [0.29, 0.717) is 17.9 Å². The Morgan fingerprint density at radius 3 is 2.46 bits per heavy atom. The summed E-state index contributed by atoms with van der Waals surface area (Å²) < 4.78 is 0. The Morgan fingerprint density at radius 2 is 2.00 bits per heavy atom. The summed E-state index contributed by atoms with van der Waals surface area (Å²) in [5.41, 5.74) is 0. The van der Waals surface area contributed by atoms with Crippen LogP contribution in [0.4, 0.5) is 0 Å². The van der Waals surface area contributed by atoms with Crippen molar-refractivity contribution in [3.8, 4) is 0 Å². The third kappa shape index (κ3) is 1.35. The molecule has 1 amide bonds. The minimum absolute atomic E-state index is 0.142. The quantitative estimate of drug-likeness (QED) is 0.594. The Labute approximate surface area is 84.2 Å². The summed E-state index contributed by atoms with van der Waals surface area (Å²) in [7, 11) is 1.88. The summed E-state index contributed by atoms with van der Waals surface area (Å²) in [6.45, 7) is 1.62. The van der Waals surface area contributed by atoms with Gasteiger partial charge in [0.25, 0.3) is 0 Å². The van der Waals surface area contributed by atoms with Gasteiger partial charge in [-0.15, -0.1) is 11.6 Å². The lowest BCUT2D eigenvalue weighted by Crippen LogP contribution is -2.45. The lowest BCUT2D eigenvalue weighted by molar-refractivity contribution is -0.130. The summed E-state index contributed by atoms with van der Waals surface area (Å²) in [4.78, 5) is 13.1. The van der Waals surface area contributed by atoms with E-state index in [4.69, 9.17) is 11.6 Å². The second kappa shape index (κ2) is 3.16. The number of alkyl halides is 1. The van der Waals surface area contributed by atoms with Crippen molar-refractivity contribution in [3.05, 3.63) is 0 Å². The lowest BCUT2D eigenvalue weighted by atomic mass is 9.94. The maximum Gasteiger partial charge on any atom is 0.219 e. The van der Waals surface area contributed by atoms with Crippen molar-refractivity contribution in [2.75, 3.05) is 7.05 Å². The first kappa shape index (κ1) is 9.32. The van der Waals surface area contributed by atoms with Crippen LogP contribution in [0.2, 0.25) is 0 Å². The molecule has 0 aromatic heterocycles. The molecule has 0 aromatic rings. The molecule has 2 aliphatic rings. The Morgan fingerprint density at radius 1 is 1.38 bits per heavy atom. The van der Waals surface area contributed by atoms with Crippen LogP contribution in [0, 0.1) is 11.8 Å². The zero-order valence-corrected chi connectivity index (χ0v) is 8.92. The predicted octanol–water partition coefficient (Wildman–Crippen LogP) is 1.87.